The van der Waals surface area contributed by atoms with Crippen LogP contribution in [0.5, 0.6) is 0 Å². The molecule has 1 N–H and O–H groups in total. The van der Waals surface area contributed by atoms with Crippen molar-refractivity contribution in [2.24, 2.45) is 5.92 Å². The average molecular weight is 212 g/mol. The predicted molar refractivity (Wildman–Crippen MR) is 58.3 cm³/mol. The van der Waals surface area contributed by atoms with Crippen molar-refractivity contribution in [2.45, 2.75) is 52.2 Å². The Labute approximate surface area is 91.1 Å². The molecule has 0 amide bonds. The van der Waals surface area contributed by atoms with Gasteiger partial charge in [-0.05, 0) is 39.7 Å². The summed E-state index contributed by atoms with van der Waals surface area (Å²) in [4.78, 5) is 11.0. The van der Waals surface area contributed by atoms with Gasteiger partial charge < -0.3 is 9.84 Å². The van der Waals surface area contributed by atoms with Crippen LogP contribution in [0.25, 0.3) is 0 Å². The Kier molecular flexibility index (Phi) is 3.55. The molecule has 0 heterocycles. The van der Waals surface area contributed by atoms with Crippen molar-refractivity contribution >= 4 is 5.97 Å². The van der Waals surface area contributed by atoms with Crippen molar-refractivity contribution in [2.75, 3.05) is 0 Å². The van der Waals surface area contributed by atoms with Gasteiger partial charge in [0.25, 0.3) is 0 Å². The molecular weight excluding hydrogens is 192 g/mol. The zero-order chi connectivity index (χ0) is 11.6. The lowest BCUT2D eigenvalue weighted by molar-refractivity contribution is -0.151. The van der Waals surface area contributed by atoms with E-state index in [4.69, 9.17) is 4.74 Å². The highest BCUT2D eigenvalue weighted by Crippen LogP contribution is 2.33. The highest BCUT2D eigenvalue weighted by Gasteiger charge is 2.36. The molecule has 0 aliphatic heterocycles. The van der Waals surface area contributed by atoms with Gasteiger partial charge in [-0.25, -0.2) is 0 Å². The summed E-state index contributed by atoms with van der Waals surface area (Å²) < 4.78 is 5.23. The van der Waals surface area contributed by atoms with E-state index in [1.807, 2.05) is 13.0 Å². The first-order valence-electron chi connectivity index (χ1n) is 5.37. The fraction of sp³-hybridized carbons (Fsp3) is 0.750. The molecule has 0 saturated heterocycles. The monoisotopic (exact) mass is 212 g/mol. The Bertz CT molecular complexity index is 273. The number of ether oxygens (including phenoxy) is 1. The molecule has 0 saturated carbocycles. The molecule has 2 unspecified atom stereocenters. The second-order valence-electron chi connectivity index (χ2n) is 4.89. The molecule has 86 valence electrons. The zero-order valence-corrected chi connectivity index (χ0v) is 9.91. The summed E-state index contributed by atoms with van der Waals surface area (Å²) in [6.45, 7) is 6.96. The van der Waals surface area contributed by atoms with Crippen LogP contribution in [0.4, 0.5) is 0 Å². The van der Waals surface area contributed by atoms with Crippen LogP contribution in [-0.2, 0) is 9.53 Å². The smallest absolute Gasteiger partial charge is 0.303 e. The maximum atomic E-state index is 11.0. The van der Waals surface area contributed by atoms with Crippen LogP contribution in [0.3, 0.4) is 0 Å². The van der Waals surface area contributed by atoms with Crippen molar-refractivity contribution in [3.8, 4) is 0 Å². The number of hydrogen-bond donors (Lipinski definition) is 1. The first-order chi connectivity index (χ1) is 6.80. The molecular formula is C12H20O3. The molecule has 0 aromatic carbocycles. The van der Waals surface area contributed by atoms with Gasteiger partial charge in [-0.15, -0.1) is 0 Å². The Morgan fingerprint density at radius 3 is 2.67 bits per heavy atom. The van der Waals surface area contributed by atoms with Crippen molar-refractivity contribution in [1.29, 1.82) is 0 Å². The molecule has 3 heteroatoms. The summed E-state index contributed by atoms with van der Waals surface area (Å²) >= 11 is 0. The van der Waals surface area contributed by atoms with E-state index >= 15 is 0 Å². The second-order valence-corrected chi connectivity index (χ2v) is 4.89. The van der Waals surface area contributed by atoms with Gasteiger partial charge in [-0.1, -0.05) is 5.57 Å². The molecule has 1 aliphatic rings. The number of rotatable bonds is 2. The molecule has 3 nitrogen and oxygen atoms in total. The van der Waals surface area contributed by atoms with E-state index in [-0.39, 0.29) is 18.0 Å². The molecule has 15 heavy (non-hydrogen) atoms. The van der Waals surface area contributed by atoms with E-state index in [2.05, 4.69) is 0 Å². The topological polar surface area (TPSA) is 46.5 Å². The third kappa shape index (κ3) is 3.34. The largest absolute Gasteiger partial charge is 0.458 e. The summed E-state index contributed by atoms with van der Waals surface area (Å²) in [6.07, 6.45) is 3.50. The van der Waals surface area contributed by atoms with Crippen LogP contribution in [-0.4, -0.2) is 22.8 Å². The number of aliphatic hydroxyl groups is 1. The van der Waals surface area contributed by atoms with Crippen molar-refractivity contribution in [1.82, 2.24) is 0 Å². The third-order valence-corrected chi connectivity index (χ3v) is 2.90. The molecule has 0 bridgehead atoms. The predicted octanol–water partition coefficient (Wildman–Crippen LogP) is 2.05. The molecule has 0 fully saturated rings. The lowest BCUT2D eigenvalue weighted by Crippen LogP contribution is -2.42. The van der Waals surface area contributed by atoms with E-state index < -0.39 is 5.60 Å². The van der Waals surface area contributed by atoms with Gasteiger partial charge in [0, 0.05) is 12.8 Å². The van der Waals surface area contributed by atoms with Gasteiger partial charge in [-0.3, -0.25) is 4.79 Å². The number of esters is 1. The molecule has 0 aromatic rings. The molecule has 1 aliphatic carbocycles. The Hall–Kier alpha value is -0.830. The number of carbonyl (C=O) groups is 1. The Balaban J connectivity index is 2.83. The van der Waals surface area contributed by atoms with E-state index in [0.29, 0.717) is 0 Å². The number of hydrogen-bond acceptors (Lipinski definition) is 3. The third-order valence-electron chi connectivity index (χ3n) is 2.90. The quantitative estimate of drug-likeness (QED) is 0.563. The lowest BCUT2D eigenvalue weighted by atomic mass is 9.78. The Morgan fingerprint density at radius 2 is 2.20 bits per heavy atom. The fourth-order valence-electron chi connectivity index (χ4n) is 2.09. The first-order valence-corrected chi connectivity index (χ1v) is 5.37. The van der Waals surface area contributed by atoms with Crippen LogP contribution in [0.1, 0.15) is 40.5 Å². The number of allylic oxidation sites excluding steroid dienone is 1. The van der Waals surface area contributed by atoms with E-state index in [0.717, 1.165) is 12.8 Å². The average Bonchev–Trinajstić information content (AvgIpc) is 1.99. The highest BCUT2D eigenvalue weighted by molar-refractivity contribution is 5.66. The normalized spacial score (nSPS) is 27.1. The second kappa shape index (κ2) is 4.35. The standard InChI is InChI=1S/C12H20O3/c1-8-5-6-10(12(3,4)14)11(7-8)15-9(2)13/h7,10-11,14H,5-6H2,1-4H3. The van der Waals surface area contributed by atoms with Gasteiger partial charge in [0.1, 0.15) is 6.10 Å². The Morgan fingerprint density at radius 1 is 1.60 bits per heavy atom. The van der Waals surface area contributed by atoms with Gasteiger partial charge >= 0.3 is 5.97 Å². The summed E-state index contributed by atoms with van der Waals surface area (Å²) in [5.41, 5.74) is 0.416. The minimum atomic E-state index is -0.808. The van der Waals surface area contributed by atoms with Crippen LogP contribution >= 0.6 is 0 Å². The van der Waals surface area contributed by atoms with E-state index in [1.165, 1.54) is 12.5 Å². The van der Waals surface area contributed by atoms with Gasteiger partial charge in [-0.2, -0.15) is 0 Å². The van der Waals surface area contributed by atoms with Crippen LogP contribution in [0.15, 0.2) is 11.6 Å². The molecule has 0 spiro atoms. The van der Waals surface area contributed by atoms with Crippen LogP contribution in [0.2, 0.25) is 0 Å². The van der Waals surface area contributed by atoms with Gasteiger partial charge in [0.15, 0.2) is 0 Å². The van der Waals surface area contributed by atoms with Gasteiger partial charge in [0.05, 0.1) is 5.60 Å². The molecule has 0 aromatic heterocycles. The minimum Gasteiger partial charge on any atom is -0.458 e. The van der Waals surface area contributed by atoms with E-state index in [1.54, 1.807) is 13.8 Å². The van der Waals surface area contributed by atoms with Crippen LogP contribution in [0, 0.1) is 5.92 Å². The summed E-state index contributed by atoms with van der Waals surface area (Å²) in [5, 5.41) is 9.99. The zero-order valence-electron chi connectivity index (χ0n) is 9.91. The van der Waals surface area contributed by atoms with Crippen molar-refractivity contribution in [3.63, 3.8) is 0 Å². The highest BCUT2D eigenvalue weighted by atomic mass is 16.5. The maximum Gasteiger partial charge on any atom is 0.303 e. The minimum absolute atomic E-state index is 0.00917. The lowest BCUT2D eigenvalue weighted by Gasteiger charge is -2.36. The first kappa shape index (κ1) is 12.2. The fourth-order valence-corrected chi connectivity index (χ4v) is 2.09. The van der Waals surface area contributed by atoms with Crippen molar-refractivity contribution < 1.29 is 14.6 Å². The van der Waals surface area contributed by atoms with Crippen molar-refractivity contribution in [3.05, 3.63) is 11.6 Å². The SMILES string of the molecule is CC(=O)OC1C=C(C)CCC1C(C)(C)O. The molecule has 1 rings (SSSR count). The van der Waals surface area contributed by atoms with Crippen LogP contribution < -0.4 is 0 Å². The maximum absolute atomic E-state index is 11.0. The summed E-state index contributed by atoms with van der Waals surface area (Å²) in [7, 11) is 0. The van der Waals surface area contributed by atoms with Gasteiger partial charge in [0.2, 0.25) is 0 Å². The molecule has 0 radical (unpaired) electrons. The molecule has 2 atom stereocenters. The number of carbonyl (C=O) groups excluding carboxylic acids is 1. The summed E-state index contributed by atoms with van der Waals surface area (Å²) in [5.74, 6) is -0.301. The summed E-state index contributed by atoms with van der Waals surface area (Å²) in [6, 6.07) is 0. The van der Waals surface area contributed by atoms with E-state index in [9.17, 15) is 9.90 Å².